The predicted octanol–water partition coefficient (Wildman–Crippen LogP) is 2.94. The number of hydrogen-bond acceptors (Lipinski definition) is 3. The number of halogens is 1. The van der Waals surface area contributed by atoms with Gasteiger partial charge in [-0.2, -0.15) is 0 Å². The SMILES string of the molecule is CCc1ccc(CNC(=NC)NCC2CCCN(C)C2)s1.I. The molecule has 4 nitrogen and oxygen atoms in total. The van der Waals surface area contributed by atoms with Gasteiger partial charge in [-0.1, -0.05) is 6.92 Å². The largest absolute Gasteiger partial charge is 0.356 e. The normalized spacial score (nSPS) is 19.6. The van der Waals surface area contributed by atoms with Crippen LogP contribution in [-0.2, 0) is 13.0 Å². The van der Waals surface area contributed by atoms with Gasteiger partial charge in [0, 0.05) is 29.9 Å². The first-order chi connectivity index (χ1) is 10.2. The first-order valence-electron chi connectivity index (χ1n) is 7.92. The number of guanidine groups is 1. The Balaban J connectivity index is 0.00000242. The predicted molar refractivity (Wildman–Crippen MR) is 108 cm³/mol. The fraction of sp³-hybridized carbons (Fsp3) is 0.688. The third kappa shape index (κ3) is 6.42. The summed E-state index contributed by atoms with van der Waals surface area (Å²) in [5.74, 6) is 1.64. The van der Waals surface area contributed by atoms with Crippen molar-refractivity contribution >= 4 is 41.3 Å². The molecule has 0 aliphatic carbocycles. The second-order valence-electron chi connectivity index (χ2n) is 5.80. The lowest BCUT2D eigenvalue weighted by Crippen LogP contribution is -2.43. The van der Waals surface area contributed by atoms with Crippen molar-refractivity contribution in [1.29, 1.82) is 0 Å². The number of aliphatic imine (C=N–C) groups is 1. The quantitative estimate of drug-likeness (QED) is 0.424. The Kier molecular flexibility index (Phi) is 9.35. The maximum Gasteiger partial charge on any atom is 0.191 e. The summed E-state index contributed by atoms with van der Waals surface area (Å²) in [5.41, 5.74) is 0. The fourth-order valence-corrected chi connectivity index (χ4v) is 3.68. The van der Waals surface area contributed by atoms with E-state index in [0.29, 0.717) is 0 Å². The highest BCUT2D eigenvalue weighted by atomic mass is 127. The molecule has 1 fully saturated rings. The van der Waals surface area contributed by atoms with E-state index in [1.54, 1.807) is 0 Å². The molecular formula is C16H29IN4S. The molecule has 1 unspecified atom stereocenters. The van der Waals surface area contributed by atoms with Crippen LogP contribution in [0.15, 0.2) is 17.1 Å². The summed E-state index contributed by atoms with van der Waals surface area (Å²) in [4.78, 5) is 9.55. The van der Waals surface area contributed by atoms with Crippen LogP contribution in [0.1, 0.15) is 29.5 Å². The summed E-state index contributed by atoms with van der Waals surface area (Å²) in [7, 11) is 4.05. The lowest BCUT2D eigenvalue weighted by Gasteiger charge is -2.30. The van der Waals surface area contributed by atoms with Crippen molar-refractivity contribution in [3.8, 4) is 0 Å². The molecular weight excluding hydrogens is 407 g/mol. The molecule has 1 aliphatic rings. The molecule has 2 N–H and O–H groups in total. The van der Waals surface area contributed by atoms with Gasteiger partial charge in [-0.3, -0.25) is 4.99 Å². The highest BCUT2D eigenvalue weighted by Gasteiger charge is 2.17. The first-order valence-corrected chi connectivity index (χ1v) is 8.73. The van der Waals surface area contributed by atoms with Crippen LogP contribution in [0.5, 0.6) is 0 Å². The molecule has 1 atom stereocenters. The van der Waals surface area contributed by atoms with E-state index in [9.17, 15) is 0 Å². The minimum atomic E-state index is 0. The molecule has 0 saturated carbocycles. The van der Waals surface area contributed by atoms with Crippen LogP contribution in [0, 0.1) is 5.92 Å². The minimum absolute atomic E-state index is 0. The Morgan fingerprint density at radius 2 is 2.14 bits per heavy atom. The number of nitrogens with zero attached hydrogens (tertiary/aromatic N) is 2. The zero-order chi connectivity index (χ0) is 15.1. The maximum absolute atomic E-state index is 4.32. The summed E-state index contributed by atoms with van der Waals surface area (Å²) in [6.45, 7) is 6.49. The maximum atomic E-state index is 4.32. The molecule has 1 aromatic rings. The molecule has 0 amide bonds. The third-order valence-corrected chi connectivity index (χ3v) is 5.23. The topological polar surface area (TPSA) is 39.7 Å². The number of rotatable bonds is 5. The van der Waals surface area contributed by atoms with Gasteiger partial charge in [-0.05, 0) is 50.9 Å². The Bertz CT molecular complexity index is 461. The van der Waals surface area contributed by atoms with E-state index in [1.165, 1.54) is 35.7 Å². The molecule has 2 heterocycles. The highest BCUT2D eigenvalue weighted by molar-refractivity contribution is 14.0. The van der Waals surface area contributed by atoms with E-state index in [0.717, 1.165) is 31.4 Å². The Morgan fingerprint density at radius 1 is 1.36 bits per heavy atom. The monoisotopic (exact) mass is 436 g/mol. The van der Waals surface area contributed by atoms with Crippen molar-refractivity contribution in [2.75, 3.05) is 33.7 Å². The number of aryl methyl sites for hydroxylation is 1. The van der Waals surface area contributed by atoms with Gasteiger partial charge in [-0.25, -0.2) is 0 Å². The van der Waals surface area contributed by atoms with Crippen LogP contribution in [-0.4, -0.2) is 44.6 Å². The number of hydrogen-bond donors (Lipinski definition) is 2. The Labute approximate surface area is 155 Å². The van der Waals surface area contributed by atoms with Crippen LogP contribution in [0.3, 0.4) is 0 Å². The van der Waals surface area contributed by atoms with E-state index >= 15 is 0 Å². The van der Waals surface area contributed by atoms with Crippen molar-refractivity contribution in [3.05, 3.63) is 21.9 Å². The van der Waals surface area contributed by atoms with Crippen molar-refractivity contribution in [2.24, 2.45) is 10.9 Å². The molecule has 0 radical (unpaired) electrons. The van der Waals surface area contributed by atoms with Gasteiger partial charge in [0.2, 0.25) is 0 Å². The number of piperidine rings is 1. The molecule has 1 saturated heterocycles. The molecule has 0 aromatic carbocycles. The van der Waals surface area contributed by atoms with Crippen molar-refractivity contribution < 1.29 is 0 Å². The number of likely N-dealkylation sites (tertiary alicyclic amines) is 1. The Morgan fingerprint density at radius 3 is 2.77 bits per heavy atom. The molecule has 6 heteroatoms. The highest BCUT2D eigenvalue weighted by Crippen LogP contribution is 2.16. The van der Waals surface area contributed by atoms with Crippen LogP contribution >= 0.6 is 35.3 Å². The smallest absolute Gasteiger partial charge is 0.191 e. The lowest BCUT2D eigenvalue weighted by molar-refractivity contribution is 0.210. The lowest BCUT2D eigenvalue weighted by atomic mass is 9.99. The molecule has 1 aliphatic heterocycles. The standard InChI is InChI=1S/C16H28N4S.HI/c1-4-14-7-8-15(21-14)11-19-16(17-2)18-10-13-6-5-9-20(3)12-13;/h7-8,13H,4-6,9-12H2,1-3H3,(H2,17,18,19);1H. The third-order valence-electron chi connectivity index (χ3n) is 4.00. The number of thiophene rings is 1. The molecule has 22 heavy (non-hydrogen) atoms. The van der Waals surface area contributed by atoms with E-state index in [4.69, 9.17) is 0 Å². The van der Waals surface area contributed by atoms with Crippen molar-refractivity contribution in [1.82, 2.24) is 15.5 Å². The molecule has 0 spiro atoms. The minimum Gasteiger partial charge on any atom is -0.356 e. The second kappa shape index (κ2) is 10.4. The van der Waals surface area contributed by atoms with Crippen LogP contribution < -0.4 is 10.6 Å². The second-order valence-corrected chi connectivity index (χ2v) is 7.05. The van der Waals surface area contributed by atoms with E-state index in [2.05, 4.69) is 46.6 Å². The van der Waals surface area contributed by atoms with Gasteiger partial charge in [0.15, 0.2) is 5.96 Å². The average molecular weight is 436 g/mol. The summed E-state index contributed by atoms with van der Waals surface area (Å²) in [6.07, 6.45) is 3.75. The molecule has 1 aromatic heterocycles. The van der Waals surface area contributed by atoms with Crippen molar-refractivity contribution in [2.45, 2.75) is 32.7 Å². The van der Waals surface area contributed by atoms with Crippen molar-refractivity contribution in [3.63, 3.8) is 0 Å². The van der Waals surface area contributed by atoms with Gasteiger partial charge in [0.05, 0.1) is 6.54 Å². The van der Waals surface area contributed by atoms with Gasteiger partial charge < -0.3 is 15.5 Å². The molecule has 126 valence electrons. The fourth-order valence-electron chi connectivity index (χ4n) is 2.78. The van der Waals surface area contributed by atoms with Gasteiger partial charge >= 0.3 is 0 Å². The summed E-state index contributed by atoms with van der Waals surface area (Å²) in [5, 5.41) is 6.88. The summed E-state index contributed by atoms with van der Waals surface area (Å²) in [6, 6.07) is 4.43. The van der Waals surface area contributed by atoms with E-state index in [-0.39, 0.29) is 24.0 Å². The first kappa shape index (κ1) is 19.7. The zero-order valence-corrected chi connectivity index (χ0v) is 17.0. The summed E-state index contributed by atoms with van der Waals surface area (Å²) >= 11 is 1.88. The van der Waals surface area contributed by atoms with E-state index in [1.807, 2.05) is 18.4 Å². The summed E-state index contributed by atoms with van der Waals surface area (Å²) < 4.78 is 0. The van der Waals surface area contributed by atoms with Crippen LogP contribution in [0.2, 0.25) is 0 Å². The molecule has 0 bridgehead atoms. The zero-order valence-electron chi connectivity index (χ0n) is 13.9. The van der Waals surface area contributed by atoms with Crippen LogP contribution in [0.25, 0.3) is 0 Å². The number of nitrogens with one attached hydrogen (secondary N) is 2. The van der Waals surface area contributed by atoms with Crippen LogP contribution in [0.4, 0.5) is 0 Å². The average Bonchev–Trinajstić information content (AvgIpc) is 2.95. The molecule has 2 rings (SSSR count). The van der Waals surface area contributed by atoms with E-state index < -0.39 is 0 Å². The Hall–Kier alpha value is -0.340. The van der Waals surface area contributed by atoms with Gasteiger partial charge in [-0.15, -0.1) is 35.3 Å². The van der Waals surface area contributed by atoms with Gasteiger partial charge in [0.1, 0.15) is 0 Å². The van der Waals surface area contributed by atoms with Gasteiger partial charge in [0.25, 0.3) is 0 Å².